The van der Waals surface area contributed by atoms with Gasteiger partial charge in [0.2, 0.25) is 0 Å². The standard InChI is InChI=1S/C21H17ClN4O2/c1-28-17-12-8-15(9-13-17)21(27)23-20(14-6-10-16(22)11-7-14)26-19-5-3-2-4-18(19)24-25-26/h2-13,20H,1H3,(H,23,27). The number of hydrogen-bond donors (Lipinski definition) is 1. The summed E-state index contributed by atoms with van der Waals surface area (Å²) in [5.41, 5.74) is 2.92. The van der Waals surface area contributed by atoms with E-state index in [1.807, 2.05) is 36.4 Å². The van der Waals surface area contributed by atoms with Crippen molar-refractivity contribution in [3.63, 3.8) is 0 Å². The summed E-state index contributed by atoms with van der Waals surface area (Å²) in [4.78, 5) is 12.9. The van der Waals surface area contributed by atoms with Gasteiger partial charge in [-0.1, -0.05) is 41.1 Å². The topological polar surface area (TPSA) is 69.0 Å². The molecule has 1 aromatic heterocycles. The van der Waals surface area contributed by atoms with Gasteiger partial charge < -0.3 is 10.1 Å². The molecule has 4 aromatic rings. The van der Waals surface area contributed by atoms with Crippen LogP contribution in [0.5, 0.6) is 5.75 Å². The Morgan fingerprint density at radius 1 is 1.04 bits per heavy atom. The molecule has 1 heterocycles. The highest BCUT2D eigenvalue weighted by Crippen LogP contribution is 2.22. The molecule has 0 saturated carbocycles. The number of carbonyl (C=O) groups excluding carboxylic acids is 1. The summed E-state index contributed by atoms with van der Waals surface area (Å²) in [6, 6.07) is 21.8. The van der Waals surface area contributed by atoms with E-state index in [0.29, 0.717) is 16.3 Å². The summed E-state index contributed by atoms with van der Waals surface area (Å²) < 4.78 is 6.85. The van der Waals surface area contributed by atoms with Crippen LogP contribution in [0.4, 0.5) is 0 Å². The summed E-state index contributed by atoms with van der Waals surface area (Å²) in [5.74, 6) is 0.454. The second kappa shape index (κ2) is 7.70. The number of ether oxygens (including phenoxy) is 1. The molecule has 4 rings (SSSR count). The molecular formula is C21H17ClN4O2. The molecule has 0 radical (unpaired) electrons. The van der Waals surface area contributed by atoms with Gasteiger partial charge in [0.05, 0.1) is 12.6 Å². The Balaban J connectivity index is 1.72. The average Bonchev–Trinajstić information content (AvgIpc) is 3.16. The second-order valence-electron chi connectivity index (χ2n) is 6.18. The van der Waals surface area contributed by atoms with Gasteiger partial charge in [-0.3, -0.25) is 4.79 Å². The first-order valence-electron chi connectivity index (χ1n) is 8.66. The van der Waals surface area contributed by atoms with Gasteiger partial charge in [-0.05, 0) is 54.1 Å². The van der Waals surface area contributed by atoms with Crippen LogP contribution < -0.4 is 10.1 Å². The molecule has 0 saturated heterocycles. The quantitative estimate of drug-likeness (QED) is 0.556. The Kier molecular flexibility index (Phi) is 4.95. The molecule has 0 aliphatic carbocycles. The fourth-order valence-corrected chi connectivity index (χ4v) is 3.08. The van der Waals surface area contributed by atoms with Crippen molar-refractivity contribution in [3.8, 4) is 5.75 Å². The van der Waals surface area contributed by atoms with E-state index in [1.54, 1.807) is 48.2 Å². The average molecular weight is 393 g/mol. The Morgan fingerprint density at radius 3 is 2.46 bits per heavy atom. The number of halogens is 1. The van der Waals surface area contributed by atoms with E-state index in [9.17, 15) is 4.79 Å². The van der Waals surface area contributed by atoms with E-state index in [-0.39, 0.29) is 5.91 Å². The summed E-state index contributed by atoms with van der Waals surface area (Å²) in [6.45, 7) is 0. The first kappa shape index (κ1) is 18.0. The first-order valence-corrected chi connectivity index (χ1v) is 9.04. The minimum atomic E-state index is -0.542. The summed E-state index contributed by atoms with van der Waals surface area (Å²) in [6.07, 6.45) is -0.542. The number of nitrogens with zero attached hydrogens (tertiary/aromatic N) is 3. The van der Waals surface area contributed by atoms with Crippen LogP contribution in [0.1, 0.15) is 22.1 Å². The van der Waals surface area contributed by atoms with Crippen LogP contribution in [-0.2, 0) is 0 Å². The predicted molar refractivity (Wildman–Crippen MR) is 108 cm³/mol. The van der Waals surface area contributed by atoms with E-state index < -0.39 is 6.17 Å². The number of methoxy groups -OCH3 is 1. The maximum atomic E-state index is 12.9. The number of benzene rings is 3. The van der Waals surface area contributed by atoms with Gasteiger partial charge in [0.1, 0.15) is 11.3 Å². The van der Waals surface area contributed by atoms with Crippen molar-refractivity contribution in [1.29, 1.82) is 0 Å². The molecular weight excluding hydrogens is 376 g/mol. The van der Waals surface area contributed by atoms with E-state index >= 15 is 0 Å². The second-order valence-corrected chi connectivity index (χ2v) is 6.62. The van der Waals surface area contributed by atoms with Crippen molar-refractivity contribution in [3.05, 3.63) is 88.9 Å². The molecule has 1 unspecified atom stereocenters. The molecule has 140 valence electrons. The largest absolute Gasteiger partial charge is 0.497 e. The van der Waals surface area contributed by atoms with E-state index in [1.165, 1.54) is 0 Å². The molecule has 28 heavy (non-hydrogen) atoms. The number of rotatable bonds is 5. The van der Waals surface area contributed by atoms with Gasteiger partial charge in [-0.2, -0.15) is 0 Å². The van der Waals surface area contributed by atoms with Crippen molar-refractivity contribution in [2.45, 2.75) is 6.17 Å². The van der Waals surface area contributed by atoms with E-state index in [0.717, 1.165) is 16.6 Å². The van der Waals surface area contributed by atoms with Crippen molar-refractivity contribution in [2.75, 3.05) is 7.11 Å². The lowest BCUT2D eigenvalue weighted by molar-refractivity contribution is 0.0927. The van der Waals surface area contributed by atoms with Gasteiger partial charge in [0.25, 0.3) is 5.91 Å². The molecule has 3 aromatic carbocycles. The third kappa shape index (κ3) is 3.54. The van der Waals surface area contributed by atoms with Crippen molar-refractivity contribution < 1.29 is 9.53 Å². The van der Waals surface area contributed by atoms with E-state index in [2.05, 4.69) is 15.6 Å². The zero-order valence-corrected chi connectivity index (χ0v) is 15.8. The molecule has 0 aliphatic rings. The predicted octanol–water partition coefficient (Wildman–Crippen LogP) is 4.07. The molecule has 0 aliphatic heterocycles. The molecule has 0 fully saturated rings. The van der Waals surface area contributed by atoms with Crippen LogP contribution in [0.15, 0.2) is 72.8 Å². The van der Waals surface area contributed by atoms with Gasteiger partial charge in [-0.15, -0.1) is 5.10 Å². The zero-order valence-electron chi connectivity index (χ0n) is 15.0. The van der Waals surface area contributed by atoms with Crippen LogP contribution in [0.2, 0.25) is 5.02 Å². The maximum absolute atomic E-state index is 12.9. The third-order valence-corrected chi connectivity index (χ3v) is 4.68. The SMILES string of the molecule is COc1ccc(C(=O)NC(c2ccc(Cl)cc2)n2nnc3ccccc32)cc1. The number of nitrogens with one attached hydrogen (secondary N) is 1. The molecule has 7 heteroatoms. The monoisotopic (exact) mass is 392 g/mol. The third-order valence-electron chi connectivity index (χ3n) is 4.43. The van der Waals surface area contributed by atoms with Crippen LogP contribution in [0, 0.1) is 0 Å². The molecule has 1 N–H and O–H groups in total. The maximum Gasteiger partial charge on any atom is 0.253 e. The van der Waals surface area contributed by atoms with Gasteiger partial charge in [0.15, 0.2) is 6.17 Å². The molecule has 0 spiro atoms. The lowest BCUT2D eigenvalue weighted by Gasteiger charge is -2.20. The van der Waals surface area contributed by atoms with E-state index in [4.69, 9.17) is 16.3 Å². The Bertz CT molecular complexity index is 1110. The van der Waals surface area contributed by atoms with Crippen molar-refractivity contribution >= 4 is 28.5 Å². The smallest absolute Gasteiger partial charge is 0.253 e. The van der Waals surface area contributed by atoms with Crippen LogP contribution in [0.25, 0.3) is 11.0 Å². The minimum absolute atomic E-state index is 0.234. The molecule has 1 amide bonds. The van der Waals surface area contributed by atoms with Crippen LogP contribution in [0.3, 0.4) is 0 Å². The highest BCUT2D eigenvalue weighted by Gasteiger charge is 2.21. The van der Waals surface area contributed by atoms with Crippen molar-refractivity contribution in [1.82, 2.24) is 20.3 Å². The normalized spacial score (nSPS) is 11.9. The van der Waals surface area contributed by atoms with Gasteiger partial charge in [0, 0.05) is 10.6 Å². The van der Waals surface area contributed by atoms with Crippen LogP contribution in [-0.4, -0.2) is 28.0 Å². The van der Waals surface area contributed by atoms with Gasteiger partial charge in [-0.25, -0.2) is 4.68 Å². The summed E-state index contributed by atoms with van der Waals surface area (Å²) in [7, 11) is 1.58. The number of fused-ring (bicyclic) bond motifs is 1. The zero-order chi connectivity index (χ0) is 19.5. The summed E-state index contributed by atoms with van der Waals surface area (Å²) in [5, 5.41) is 12.1. The van der Waals surface area contributed by atoms with Crippen LogP contribution >= 0.6 is 11.6 Å². The highest BCUT2D eigenvalue weighted by molar-refractivity contribution is 6.30. The number of amides is 1. The molecule has 6 nitrogen and oxygen atoms in total. The first-order chi connectivity index (χ1) is 13.7. The Morgan fingerprint density at radius 2 is 1.75 bits per heavy atom. The molecule has 0 bridgehead atoms. The number of para-hydroxylation sites is 1. The number of carbonyl (C=O) groups is 1. The fourth-order valence-electron chi connectivity index (χ4n) is 2.96. The molecule has 1 atom stereocenters. The lowest BCUT2D eigenvalue weighted by Crippen LogP contribution is -2.33. The fraction of sp³-hybridized carbons (Fsp3) is 0.0952. The summed E-state index contributed by atoms with van der Waals surface area (Å²) >= 11 is 6.03. The Labute approximate surface area is 166 Å². The minimum Gasteiger partial charge on any atom is -0.497 e. The number of aromatic nitrogens is 3. The lowest BCUT2D eigenvalue weighted by atomic mass is 10.1. The Hall–Kier alpha value is -3.38. The van der Waals surface area contributed by atoms with Crippen molar-refractivity contribution in [2.24, 2.45) is 0 Å². The van der Waals surface area contributed by atoms with Gasteiger partial charge >= 0.3 is 0 Å². The number of hydrogen-bond acceptors (Lipinski definition) is 4. The highest BCUT2D eigenvalue weighted by atomic mass is 35.5.